The van der Waals surface area contributed by atoms with Crippen LogP contribution in [0.15, 0.2) is 46.9 Å². The summed E-state index contributed by atoms with van der Waals surface area (Å²) < 4.78 is 0. The number of hydrogen-bond donors (Lipinski definition) is 3. The van der Waals surface area contributed by atoms with Crippen LogP contribution in [0.3, 0.4) is 0 Å². The Hall–Kier alpha value is -3.18. The Bertz CT molecular complexity index is 919. The lowest BCUT2D eigenvalue weighted by molar-refractivity contribution is -0.118. The van der Waals surface area contributed by atoms with E-state index in [2.05, 4.69) is 15.3 Å². The topological polar surface area (TPSA) is 119 Å². The highest BCUT2D eigenvalue weighted by Crippen LogP contribution is 2.24. The number of hydrogen-bond acceptors (Lipinski definition) is 7. The fraction of sp³-hybridized carbons (Fsp3) is 0.263. The van der Waals surface area contributed by atoms with E-state index in [9.17, 15) is 20.3 Å². The molecule has 2 aromatic rings. The molecule has 0 saturated heterocycles. The van der Waals surface area contributed by atoms with Gasteiger partial charge in [0.1, 0.15) is 17.4 Å². The summed E-state index contributed by atoms with van der Waals surface area (Å²) in [6.07, 6.45) is 3.20. The molecular formula is C19H20N4O3S. The molecule has 27 heavy (non-hydrogen) atoms. The lowest BCUT2D eigenvalue weighted by atomic mass is 10.0. The fourth-order valence-corrected chi connectivity index (χ4v) is 2.88. The van der Waals surface area contributed by atoms with E-state index in [1.54, 1.807) is 18.5 Å². The van der Waals surface area contributed by atoms with Gasteiger partial charge in [0.2, 0.25) is 5.91 Å². The molecule has 0 aliphatic heterocycles. The summed E-state index contributed by atoms with van der Waals surface area (Å²) in [5.41, 5.74) is 2.98. The van der Waals surface area contributed by atoms with Crippen molar-refractivity contribution in [3.8, 4) is 17.5 Å². The van der Waals surface area contributed by atoms with Crippen LogP contribution in [0.4, 0.5) is 5.13 Å². The number of carbonyl (C=O) groups is 1. The van der Waals surface area contributed by atoms with E-state index in [4.69, 9.17) is 0 Å². The number of anilines is 1. The number of nitrogens with one attached hydrogen (secondary N) is 1. The number of rotatable bonds is 6. The van der Waals surface area contributed by atoms with E-state index in [-0.39, 0.29) is 17.9 Å². The van der Waals surface area contributed by atoms with E-state index in [0.717, 1.165) is 5.56 Å². The van der Waals surface area contributed by atoms with Gasteiger partial charge >= 0.3 is 0 Å². The van der Waals surface area contributed by atoms with Crippen LogP contribution >= 0.6 is 11.3 Å². The van der Waals surface area contributed by atoms with Gasteiger partial charge in [-0.2, -0.15) is 5.26 Å². The number of carbonyl (C=O) groups excluding carboxylic acids is 1. The first kappa shape index (κ1) is 20.1. The van der Waals surface area contributed by atoms with Crippen LogP contribution in [0.5, 0.6) is 0 Å². The first-order valence-electron chi connectivity index (χ1n) is 8.15. The molecule has 0 aliphatic carbocycles. The van der Waals surface area contributed by atoms with Crippen molar-refractivity contribution < 1.29 is 15.0 Å². The van der Waals surface area contributed by atoms with Gasteiger partial charge < -0.3 is 15.5 Å². The van der Waals surface area contributed by atoms with Crippen LogP contribution in [0.1, 0.15) is 25.8 Å². The van der Waals surface area contributed by atoms with Gasteiger partial charge in [0, 0.05) is 11.6 Å². The summed E-state index contributed by atoms with van der Waals surface area (Å²) in [6.45, 7) is 4.96. The zero-order chi connectivity index (χ0) is 20.0. The minimum atomic E-state index is -0.946. The predicted octanol–water partition coefficient (Wildman–Crippen LogP) is 4.28. The average molecular weight is 384 g/mol. The summed E-state index contributed by atoms with van der Waals surface area (Å²) in [7, 11) is 0. The van der Waals surface area contributed by atoms with Crippen LogP contribution in [0.25, 0.3) is 11.4 Å². The number of amides is 1. The molecule has 1 amide bonds. The quantitative estimate of drug-likeness (QED) is 0.505. The molecule has 140 valence electrons. The molecule has 2 rings (SSSR count). The number of allylic oxidation sites excluding steroid dienone is 3. The van der Waals surface area contributed by atoms with Crippen LogP contribution in [0.2, 0.25) is 0 Å². The molecule has 0 fully saturated rings. The number of pyridine rings is 1. The molecule has 0 aliphatic rings. The molecule has 2 heterocycles. The van der Waals surface area contributed by atoms with E-state index in [1.807, 2.05) is 25.1 Å². The normalized spacial score (nSPS) is 13.5. The number of nitrogens with zero attached hydrogens (tertiary/aromatic N) is 3. The predicted molar refractivity (Wildman–Crippen MR) is 104 cm³/mol. The number of aromatic nitrogens is 2. The Morgan fingerprint density at radius 1 is 1.37 bits per heavy atom. The maximum atomic E-state index is 12.4. The summed E-state index contributed by atoms with van der Waals surface area (Å²) in [4.78, 5) is 21.0. The van der Waals surface area contributed by atoms with Crippen molar-refractivity contribution in [1.82, 2.24) is 9.97 Å². The third kappa shape index (κ3) is 5.66. The first-order chi connectivity index (χ1) is 12.8. The summed E-state index contributed by atoms with van der Waals surface area (Å²) in [5.74, 6) is -1.95. The van der Waals surface area contributed by atoms with Crippen molar-refractivity contribution in [1.29, 1.82) is 5.26 Å². The zero-order valence-electron chi connectivity index (χ0n) is 15.2. The second-order valence-corrected chi connectivity index (χ2v) is 6.95. The SMILES string of the molecule is C/C(O)=C(O)\C=C(/C)CC(C#N)C(=O)Nc1nc(-c2ccc(C)cn2)cs1. The number of aliphatic hydroxyl groups is 2. The summed E-state index contributed by atoms with van der Waals surface area (Å²) in [6, 6.07) is 5.73. The standard InChI is InChI=1S/C19H20N4O3S/c1-11-4-5-15(21-9-11)16-10-27-19(22-16)23-18(26)14(8-20)6-12(2)7-17(25)13(3)24/h4-5,7,9-10,14,24-25H,6H2,1-3H3,(H,22,23,26)/b12-7+,17-13-. The third-order valence-electron chi connectivity index (χ3n) is 3.66. The van der Waals surface area contributed by atoms with E-state index >= 15 is 0 Å². The maximum Gasteiger partial charge on any atom is 0.243 e. The maximum absolute atomic E-state index is 12.4. The number of nitriles is 1. The van der Waals surface area contributed by atoms with Crippen LogP contribution in [0, 0.1) is 24.2 Å². The van der Waals surface area contributed by atoms with Crippen molar-refractivity contribution in [2.45, 2.75) is 27.2 Å². The molecule has 0 radical (unpaired) electrons. The first-order valence-corrected chi connectivity index (χ1v) is 9.03. The second kappa shape index (κ2) is 8.96. The molecule has 0 bridgehead atoms. The second-order valence-electron chi connectivity index (χ2n) is 6.10. The van der Waals surface area contributed by atoms with Crippen molar-refractivity contribution in [2.24, 2.45) is 5.92 Å². The van der Waals surface area contributed by atoms with Crippen LogP contribution in [-0.2, 0) is 4.79 Å². The molecule has 2 aromatic heterocycles. The summed E-state index contributed by atoms with van der Waals surface area (Å²) in [5, 5.41) is 32.8. The smallest absolute Gasteiger partial charge is 0.243 e. The van der Waals surface area contributed by atoms with Gasteiger partial charge in [0.15, 0.2) is 10.9 Å². The number of aliphatic hydroxyl groups excluding tert-OH is 2. The van der Waals surface area contributed by atoms with Gasteiger partial charge in [-0.25, -0.2) is 4.98 Å². The molecule has 7 nitrogen and oxygen atoms in total. The zero-order valence-corrected chi connectivity index (χ0v) is 16.0. The Kier molecular flexibility index (Phi) is 6.68. The Balaban J connectivity index is 2.06. The lowest BCUT2D eigenvalue weighted by Crippen LogP contribution is -2.21. The van der Waals surface area contributed by atoms with Gasteiger partial charge in [-0.1, -0.05) is 11.6 Å². The highest BCUT2D eigenvalue weighted by atomic mass is 32.1. The monoisotopic (exact) mass is 384 g/mol. The number of thiazole rings is 1. The number of aryl methyl sites for hydroxylation is 1. The average Bonchev–Trinajstić information content (AvgIpc) is 3.08. The van der Waals surface area contributed by atoms with Crippen molar-refractivity contribution in [3.05, 3.63) is 52.4 Å². The fourth-order valence-electron chi connectivity index (χ4n) is 2.18. The molecule has 8 heteroatoms. The van der Waals surface area contributed by atoms with E-state index in [0.29, 0.717) is 22.1 Å². The minimum absolute atomic E-state index is 0.122. The van der Waals surface area contributed by atoms with Crippen molar-refractivity contribution >= 4 is 22.4 Å². The van der Waals surface area contributed by atoms with Crippen molar-refractivity contribution in [3.63, 3.8) is 0 Å². The van der Waals surface area contributed by atoms with E-state index in [1.165, 1.54) is 24.3 Å². The van der Waals surface area contributed by atoms with Gasteiger partial charge in [0.05, 0.1) is 11.8 Å². The largest absolute Gasteiger partial charge is 0.509 e. The molecule has 0 aromatic carbocycles. The minimum Gasteiger partial charge on any atom is -0.509 e. The molecule has 1 unspecified atom stereocenters. The molecule has 0 saturated carbocycles. The molecular weight excluding hydrogens is 364 g/mol. The van der Waals surface area contributed by atoms with Crippen LogP contribution < -0.4 is 5.32 Å². The van der Waals surface area contributed by atoms with Gasteiger partial charge in [-0.05, 0) is 44.9 Å². The highest BCUT2D eigenvalue weighted by molar-refractivity contribution is 7.14. The van der Waals surface area contributed by atoms with Crippen LogP contribution in [-0.4, -0.2) is 26.1 Å². The highest BCUT2D eigenvalue weighted by Gasteiger charge is 2.20. The van der Waals surface area contributed by atoms with E-state index < -0.39 is 11.8 Å². The Labute approximate surface area is 161 Å². The van der Waals surface area contributed by atoms with Crippen molar-refractivity contribution in [2.75, 3.05) is 5.32 Å². The Morgan fingerprint density at radius 2 is 2.11 bits per heavy atom. The molecule has 0 spiro atoms. The lowest BCUT2D eigenvalue weighted by Gasteiger charge is -2.09. The van der Waals surface area contributed by atoms with Gasteiger partial charge in [-0.3, -0.25) is 9.78 Å². The summed E-state index contributed by atoms with van der Waals surface area (Å²) >= 11 is 1.25. The van der Waals surface area contributed by atoms with Gasteiger partial charge in [0.25, 0.3) is 0 Å². The third-order valence-corrected chi connectivity index (χ3v) is 4.42. The Morgan fingerprint density at radius 3 is 2.70 bits per heavy atom. The van der Waals surface area contributed by atoms with Gasteiger partial charge in [-0.15, -0.1) is 11.3 Å². The molecule has 1 atom stereocenters. The molecule has 3 N–H and O–H groups in total.